The van der Waals surface area contributed by atoms with E-state index in [-0.39, 0.29) is 36.7 Å². The van der Waals surface area contributed by atoms with Crippen molar-refractivity contribution in [2.24, 2.45) is 5.92 Å². The molecule has 9 nitrogen and oxygen atoms in total. The highest BCUT2D eigenvalue weighted by Crippen LogP contribution is 2.31. The number of hydrogen-bond acceptors (Lipinski definition) is 5. The summed E-state index contributed by atoms with van der Waals surface area (Å²) in [5, 5.41) is 5.88. The average Bonchev–Trinajstić information content (AvgIpc) is 3.01. The molecule has 4 amide bonds. The van der Waals surface area contributed by atoms with Crippen molar-refractivity contribution in [3.8, 4) is 0 Å². The fraction of sp³-hybridized carbons (Fsp3) is 0.531. The van der Waals surface area contributed by atoms with Gasteiger partial charge in [-0.25, -0.2) is 4.79 Å². The van der Waals surface area contributed by atoms with Gasteiger partial charge in [-0.05, 0) is 49.6 Å². The lowest BCUT2D eigenvalue weighted by molar-refractivity contribution is -0.138. The third-order valence-corrected chi connectivity index (χ3v) is 8.97. The summed E-state index contributed by atoms with van der Waals surface area (Å²) in [6.07, 6.45) is -3.35. The third kappa shape index (κ3) is 8.09. The molecule has 2 saturated heterocycles. The van der Waals surface area contributed by atoms with Gasteiger partial charge in [-0.15, -0.1) is 0 Å². The van der Waals surface area contributed by atoms with Crippen molar-refractivity contribution in [2.75, 3.05) is 64.7 Å². The lowest BCUT2D eigenvalue weighted by atomic mass is 9.93. The van der Waals surface area contributed by atoms with Gasteiger partial charge in [-0.2, -0.15) is 13.2 Å². The predicted molar refractivity (Wildman–Crippen MR) is 161 cm³/mol. The van der Waals surface area contributed by atoms with Crippen LogP contribution in [-0.2, 0) is 28.7 Å². The number of likely N-dealkylation sites (N-methyl/N-ethyl adjacent to an activating group) is 1. The van der Waals surface area contributed by atoms with E-state index in [9.17, 15) is 27.6 Å². The number of halogens is 3. The highest BCUT2D eigenvalue weighted by molar-refractivity contribution is 5.92. The van der Waals surface area contributed by atoms with Crippen molar-refractivity contribution in [1.82, 2.24) is 24.9 Å². The highest BCUT2D eigenvalue weighted by atomic mass is 19.4. The molecule has 2 N–H and O–H groups in total. The molecule has 3 heterocycles. The van der Waals surface area contributed by atoms with Gasteiger partial charge >= 0.3 is 12.2 Å². The number of nitrogens with one attached hydrogen (secondary N) is 2. The number of anilines is 1. The van der Waals surface area contributed by atoms with Crippen molar-refractivity contribution in [1.29, 1.82) is 0 Å². The number of nitrogens with zero attached hydrogens (tertiary/aromatic N) is 4. The maximum atomic E-state index is 13.5. The fourth-order valence-electron chi connectivity index (χ4n) is 6.25. The van der Waals surface area contributed by atoms with E-state index >= 15 is 0 Å². The maximum absolute atomic E-state index is 13.5. The number of piperidine rings is 1. The molecule has 0 spiro atoms. The number of fused-ring (bicyclic) bond motifs is 1. The number of urea groups is 1. The van der Waals surface area contributed by atoms with E-state index in [0.29, 0.717) is 51.1 Å². The van der Waals surface area contributed by atoms with E-state index in [1.807, 2.05) is 29.2 Å². The van der Waals surface area contributed by atoms with Crippen LogP contribution in [0, 0.1) is 5.92 Å². The Hall–Kier alpha value is -3.64. The molecule has 238 valence electrons. The highest BCUT2D eigenvalue weighted by Gasteiger charge is 2.34. The smallest absolute Gasteiger partial charge is 0.355 e. The van der Waals surface area contributed by atoms with Crippen LogP contribution in [0.15, 0.2) is 48.5 Å². The van der Waals surface area contributed by atoms with Gasteiger partial charge in [0.15, 0.2) is 0 Å². The largest absolute Gasteiger partial charge is 0.416 e. The Morgan fingerprint density at radius 3 is 2.45 bits per heavy atom. The number of alkyl halides is 3. The van der Waals surface area contributed by atoms with Crippen LogP contribution >= 0.6 is 0 Å². The van der Waals surface area contributed by atoms with Gasteiger partial charge in [0.05, 0.1) is 11.5 Å². The second-order valence-corrected chi connectivity index (χ2v) is 12.1. The Morgan fingerprint density at radius 2 is 1.73 bits per heavy atom. The molecule has 12 heteroatoms. The van der Waals surface area contributed by atoms with Crippen molar-refractivity contribution >= 4 is 23.5 Å². The predicted octanol–water partition coefficient (Wildman–Crippen LogP) is 3.66. The molecule has 3 aliphatic heterocycles. The summed E-state index contributed by atoms with van der Waals surface area (Å²) in [6.45, 7) is 6.18. The summed E-state index contributed by atoms with van der Waals surface area (Å²) >= 11 is 0. The quantitative estimate of drug-likeness (QED) is 0.451. The van der Waals surface area contributed by atoms with E-state index in [1.165, 1.54) is 6.07 Å². The SMILES string of the molecule is CN1CCN(CCNC(=O)[C@H](CC(=O)N2CCC(N3Cc4ccccc4NC3=O)CC2)Cc2cccc(C(F)(F)F)c2)CC1. The molecule has 2 aromatic rings. The number of rotatable bonds is 9. The average molecular weight is 615 g/mol. The van der Waals surface area contributed by atoms with Crippen LogP contribution in [-0.4, -0.2) is 103 Å². The van der Waals surface area contributed by atoms with Crippen molar-refractivity contribution < 1.29 is 27.6 Å². The fourth-order valence-corrected chi connectivity index (χ4v) is 6.25. The standard InChI is InChI=1S/C32H41F3N6O3/c1-38-15-17-39(18-16-38)14-11-36-30(43)25(19-23-5-4-7-26(20-23)32(33,34)35)21-29(42)40-12-9-27(10-13-40)41-22-24-6-2-3-8-28(24)37-31(41)44/h2-8,20,25,27H,9-19,21-22H2,1H3,(H,36,43)(H,37,44)/t25-/m0/s1. The molecule has 2 aromatic carbocycles. The van der Waals surface area contributed by atoms with Crippen LogP contribution in [0.25, 0.3) is 0 Å². The van der Waals surface area contributed by atoms with Gasteiger partial charge in [0.2, 0.25) is 11.8 Å². The van der Waals surface area contributed by atoms with E-state index < -0.39 is 17.7 Å². The van der Waals surface area contributed by atoms with Gasteiger partial charge in [0.1, 0.15) is 0 Å². The van der Waals surface area contributed by atoms with Crippen molar-refractivity contribution in [3.05, 3.63) is 65.2 Å². The number of likely N-dealkylation sites (tertiary alicyclic amines) is 1. The van der Waals surface area contributed by atoms with Crippen LogP contribution in [0.2, 0.25) is 0 Å². The first-order chi connectivity index (χ1) is 21.1. The lowest BCUT2D eigenvalue weighted by Gasteiger charge is -2.40. The van der Waals surface area contributed by atoms with Crippen LogP contribution in [0.4, 0.5) is 23.7 Å². The zero-order valence-corrected chi connectivity index (χ0v) is 25.1. The minimum Gasteiger partial charge on any atom is -0.355 e. The monoisotopic (exact) mass is 614 g/mol. The minimum absolute atomic E-state index is 0.0221. The first kappa shape index (κ1) is 31.8. The number of hydrogen-bond donors (Lipinski definition) is 2. The summed E-state index contributed by atoms with van der Waals surface area (Å²) < 4.78 is 40.1. The second-order valence-electron chi connectivity index (χ2n) is 12.1. The summed E-state index contributed by atoms with van der Waals surface area (Å²) in [5.74, 6) is -1.34. The van der Waals surface area contributed by atoms with Crippen LogP contribution < -0.4 is 10.6 Å². The van der Waals surface area contributed by atoms with E-state index in [1.54, 1.807) is 11.0 Å². The Morgan fingerprint density at radius 1 is 1.00 bits per heavy atom. The van der Waals surface area contributed by atoms with Gasteiger partial charge in [-0.3, -0.25) is 14.5 Å². The second kappa shape index (κ2) is 14.0. The molecule has 3 aliphatic rings. The topological polar surface area (TPSA) is 88.2 Å². The zero-order chi connectivity index (χ0) is 31.3. The summed E-state index contributed by atoms with van der Waals surface area (Å²) in [7, 11) is 2.07. The van der Waals surface area contributed by atoms with Crippen LogP contribution in [0.3, 0.4) is 0 Å². The lowest BCUT2D eigenvalue weighted by Crippen LogP contribution is -2.51. The van der Waals surface area contributed by atoms with Gasteiger partial charge in [0, 0.05) is 77.1 Å². The first-order valence-corrected chi connectivity index (χ1v) is 15.3. The summed E-state index contributed by atoms with van der Waals surface area (Å²) in [4.78, 5) is 47.6. The molecule has 0 aromatic heterocycles. The molecule has 0 radical (unpaired) electrons. The van der Waals surface area contributed by atoms with E-state index in [2.05, 4.69) is 27.5 Å². The molecule has 0 bridgehead atoms. The zero-order valence-electron chi connectivity index (χ0n) is 25.1. The van der Waals surface area contributed by atoms with Gasteiger partial charge in [0.25, 0.3) is 0 Å². The molecule has 5 rings (SSSR count). The maximum Gasteiger partial charge on any atom is 0.416 e. The molecular weight excluding hydrogens is 573 g/mol. The summed E-state index contributed by atoms with van der Waals surface area (Å²) in [5.41, 5.74) is 1.45. The molecule has 0 unspecified atom stereocenters. The minimum atomic E-state index is -4.50. The number of carbonyl (C=O) groups is 3. The Kier molecular flexibility index (Phi) is 10.1. The molecular formula is C32H41F3N6O3. The van der Waals surface area contributed by atoms with Crippen LogP contribution in [0.5, 0.6) is 0 Å². The van der Waals surface area contributed by atoms with Crippen molar-refractivity contribution in [3.63, 3.8) is 0 Å². The number of amides is 4. The molecule has 44 heavy (non-hydrogen) atoms. The molecule has 1 atom stereocenters. The number of carbonyl (C=O) groups excluding carboxylic acids is 3. The van der Waals surface area contributed by atoms with Gasteiger partial charge < -0.3 is 25.3 Å². The van der Waals surface area contributed by atoms with Gasteiger partial charge in [-0.1, -0.05) is 36.4 Å². The third-order valence-electron chi connectivity index (χ3n) is 8.97. The Labute approximate surface area is 256 Å². The van der Waals surface area contributed by atoms with E-state index in [4.69, 9.17) is 0 Å². The normalized spacial score (nSPS) is 19.3. The Bertz CT molecular complexity index is 1320. The van der Waals surface area contributed by atoms with Crippen molar-refractivity contribution in [2.45, 2.75) is 44.4 Å². The number of para-hydroxylation sites is 1. The number of piperazine rings is 1. The molecule has 0 aliphatic carbocycles. The Balaban J connectivity index is 1.19. The molecule has 2 fully saturated rings. The van der Waals surface area contributed by atoms with Crippen LogP contribution in [0.1, 0.15) is 36.0 Å². The van der Waals surface area contributed by atoms with E-state index in [0.717, 1.165) is 49.6 Å². The molecule has 0 saturated carbocycles. The first-order valence-electron chi connectivity index (χ1n) is 15.3. The summed E-state index contributed by atoms with van der Waals surface area (Å²) in [6, 6.07) is 12.5. The number of benzene rings is 2.